The molecule has 0 bridgehead atoms. The Morgan fingerprint density at radius 3 is 3.07 bits per heavy atom. The molecule has 1 aromatic heterocycles. The number of nitrogens with one attached hydrogen (secondary N) is 1. The molecule has 0 aromatic carbocycles. The molecule has 3 nitrogen and oxygen atoms in total. The lowest BCUT2D eigenvalue weighted by atomic mass is 9.91. The lowest BCUT2D eigenvalue weighted by molar-refractivity contribution is -0.119. The summed E-state index contributed by atoms with van der Waals surface area (Å²) in [5.41, 5.74) is 2.91. The Kier molecular flexibility index (Phi) is 3.05. The molecule has 1 saturated heterocycles. The Balaban J connectivity index is 2.12. The highest BCUT2D eigenvalue weighted by Gasteiger charge is 2.34. The molecule has 0 spiro atoms. The number of aromatic nitrogens is 1. The van der Waals surface area contributed by atoms with Gasteiger partial charge in [-0.2, -0.15) is 0 Å². The quantitative estimate of drug-likeness (QED) is 0.855. The smallest absolute Gasteiger partial charge is 0.220 e. The van der Waals surface area contributed by atoms with E-state index in [0.29, 0.717) is 12.3 Å². The summed E-state index contributed by atoms with van der Waals surface area (Å²) in [6.07, 6.45) is 1.63. The van der Waals surface area contributed by atoms with Crippen LogP contribution in [0.5, 0.6) is 0 Å². The standard InChI is InChI=1S/C11H16N2OS/c1-7(2)3-9-8(4-11(14)13-9)10-5-15-6-12-10/h5-9H,3-4H2,1-2H3,(H,13,14). The van der Waals surface area contributed by atoms with Crippen molar-refractivity contribution < 1.29 is 4.79 Å². The molecule has 1 fully saturated rings. The third kappa shape index (κ3) is 2.37. The monoisotopic (exact) mass is 224 g/mol. The van der Waals surface area contributed by atoms with Gasteiger partial charge < -0.3 is 5.32 Å². The first-order valence-corrected chi connectivity index (χ1v) is 6.28. The van der Waals surface area contributed by atoms with Crippen LogP contribution in [-0.4, -0.2) is 16.9 Å². The predicted octanol–water partition coefficient (Wildman–Crippen LogP) is 2.16. The maximum absolute atomic E-state index is 11.4. The highest BCUT2D eigenvalue weighted by atomic mass is 32.1. The second-order valence-electron chi connectivity index (χ2n) is 4.53. The van der Waals surface area contributed by atoms with Gasteiger partial charge in [-0.1, -0.05) is 13.8 Å². The van der Waals surface area contributed by atoms with E-state index >= 15 is 0 Å². The zero-order valence-corrected chi connectivity index (χ0v) is 9.88. The normalized spacial score (nSPS) is 25.9. The fourth-order valence-corrected chi connectivity index (χ4v) is 2.77. The summed E-state index contributed by atoms with van der Waals surface area (Å²) in [6.45, 7) is 4.37. The molecule has 0 radical (unpaired) electrons. The summed E-state index contributed by atoms with van der Waals surface area (Å²) in [6, 6.07) is 0.277. The first kappa shape index (κ1) is 10.6. The molecule has 1 aliphatic heterocycles. The van der Waals surface area contributed by atoms with E-state index in [1.807, 2.05) is 5.51 Å². The average molecular weight is 224 g/mol. The Hall–Kier alpha value is -0.900. The van der Waals surface area contributed by atoms with E-state index in [9.17, 15) is 4.79 Å². The predicted molar refractivity (Wildman–Crippen MR) is 60.9 cm³/mol. The first-order valence-electron chi connectivity index (χ1n) is 5.34. The van der Waals surface area contributed by atoms with Gasteiger partial charge in [0.1, 0.15) is 0 Å². The lowest BCUT2D eigenvalue weighted by Crippen LogP contribution is -2.29. The SMILES string of the molecule is CC(C)CC1NC(=O)CC1c1cscn1. The van der Waals surface area contributed by atoms with E-state index in [0.717, 1.165) is 12.1 Å². The van der Waals surface area contributed by atoms with Crippen molar-refractivity contribution in [3.05, 3.63) is 16.6 Å². The number of thiazole rings is 1. The molecular formula is C11H16N2OS. The molecule has 82 valence electrons. The molecule has 2 rings (SSSR count). The summed E-state index contributed by atoms with van der Waals surface area (Å²) in [5.74, 6) is 1.05. The number of hydrogen-bond donors (Lipinski definition) is 1. The summed E-state index contributed by atoms with van der Waals surface area (Å²) < 4.78 is 0. The minimum Gasteiger partial charge on any atom is -0.353 e. The van der Waals surface area contributed by atoms with Crippen LogP contribution in [-0.2, 0) is 4.79 Å². The van der Waals surface area contributed by atoms with Gasteiger partial charge in [0.15, 0.2) is 0 Å². The van der Waals surface area contributed by atoms with Gasteiger partial charge in [0.25, 0.3) is 0 Å². The molecule has 2 atom stereocenters. The number of hydrogen-bond acceptors (Lipinski definition) is 3. The molecule has 1 aromatic rings. The van der Waals surface area contributed by atoms with Gasteiger partial charge in [-0.3, -0.25) is 4.79 Å². The number of rotatable bonds is 3. The average Bonchev–Trinajstić information content (AvgIpc) is 2.72. The van der Waals surface area contributed by atoms with Crippen molar-refractivity contribution in [3.8, 4) is 0 Å². The van der Waals surface area contributed by atoms with Gasteiger partial charge in [0.05, 0.1) is 11.2 Å². The first-order chi connectivity index (χ1) is 7.16. The zero-order chi connectivity index (χ0) is 10.8. The number of carbonyl (C=O) groups is 1. The van der Waals surface area contributed by atoms with Crippen molar-refractivity contribution in [1.82, 2.24) is 10.3 Å². The minimum absolute atomic E-state index is 0.165. The minimum atomic E-state index is 0.165. The molecule has 2 unspecified atom stereocenters. The highest BCUT2D eigenvalue weighted by molar-refractivity contribution is 7.07. The van der Waals surface area contributed by atoms with E-state index in [1.165, 1.54) is 0 Å². The van der Waals surface area contributed by atoms with Crippen LogP contribution in [0.15, 0.2) is 10.9 Å². The Bertz CT molecular complexity index is 334. The molecule has 15 heavy (non-hydrogen) atoms. The molecule has 0 saturated carbocycles. The lowest BCUT2D eigenvalue weighted by Gasteiger charge is -2.18. The molecular weight excluding hydrogens is 208 g/mol. The van der Waals surface area contributed by atoms with E-state index in [1.54, 1.807) is 11.3 Å². The van der Waals surface area contributed by atoms with Crippen LogP contribution >= 0.6 is 11.3 Å². The van der Waals surface area contributed by atoms with E-state index in [-0.39, 0.29) is 17.9 Å². The van der Waals surface area contributed by atoms with Gasteiger partial charge in [-0.15, -0.1) is 11.3 Å². The van der Waals surface area contributed by atoms with Crippen molar-refractivity contribution in [1.29, 1.82) is 0 Å². The van der Waals surface area contributed by atoms with Crippen LogP contribution in [0.4, 0.5) is 0 Å². The van der Waals surface area contributed by atoms with Crippen molar-refractivity contribution in [2.24, 2.45) is 5.92 Å². The van der Waals surface area contributed by atoms with Crippen molar-refractivity contribution in [2.45, 2.75) is 38.6 Å². The van der Waals surface area contributed by atoms with E-state index in [4.69, 9.17) is 0 Å². The van der Waals surface area contributed by atoms with Crippen LogP contribution in [0.1, 0.15) is 38.3 Å². The largest absolute Gasteiger partial charge is 0.353 e. The van der Waals surface area contributed by atoms with Crippen molar-refractivity contribution in [2.75, 3.05) is 0 Å². The van der Waals surface area contributed by atoms with E-state index in [2.05, 4.69) is 29.5 Å². The highest BCUT2D eigenvalue weighted by Crippen LogP contribution is 2.31. The third-order valence-corrected chi connectivity index (χ3v) is 3.40. The molecule has 4 heteroatoms. The number of amides is 1. The van der Waals surface area contributed by atoms with Gasteiger partial charge >= 0.3 is 0 Å². The maximum Gasteiger partial charge on any atom is 0.220 e. The van der Waals surface area contributed by atoms with Gasteiger partial charge in [0, 0.05) is 23.8 Å². The summed E-state index contributed by atoms with van der Waals surface area (Å²) in [4.78, 5) is 15.7. The second kappa shape index (κ2) is 4.31. The van der Waals surface area contributed by atoms with Crippen molar-refractivity contribution >= 4 is 17.2 Å². The van der Waals surface area contributed by atoms with Crippen LogP contribution in [0.25, 0.3) is 0 Å². The third-order valence-electron chi connectivity index (χ3n) is 2.79. The summed E-state index contributed by atoms with van der Waals surface area (Å²) in [5, 5.41) is 5.10. The summed E-state index contributed by atoms with van der Waals surface area (Å²) in [7, 11) is 0. The fourth-order valence-electron chi connectivity index (χ4n) is 2.16. The van der Waals surface area contributed by atoms with Crippen molar-refractivity contribution in [3.63, 3.8) is 0 Å². The fraction of sp³-hybridized carbons (Fsp3) is 0.636. The molecule has 2 heterocycles. The van der Waals surface area contributed by atoms with Crippen LogP contribution in [0.2, 0.25) is 0 Å². The molecule has 1 aliphatic rings. The summed E-state index contributed by atoms with van der Waals surface area (Å²) >= 11 is 1.60. The number of carbonyl (C=O) groups excluding carboxylic acids is 1. The molecule has 1 N–H and O–H groups in total. The second-order valence-corrected chi connectivity index (χ2v) is 5.25. The molecule has 0 aliphatic carbocycles. The molecule has 1 amide bonds. The van der Waals surface area contributed by atoms with Crippen LogP contribution < -0.4 is 5.32 Å². The van der Waals surface area contributed by atoms with Gasteiger partial charge in [-0.25, -0.2) is 4.98 Å². The van der Waals surface area contributed by atoms with Crippen LogP contribution in [0.3, 0.4) is 0 Å². The van der Waals surface area contributed by atoms with Gasteiger partial charge in [0.2, 0.25) is 5.91 Å². The van der Waals surface area contributed by atoms with E-state index < -0.39 is 0 Å². The Morgan fingerprint density at radius 1 is 1.67 bits per heavy atom. The maximum atomic E-state index is 11.4. The zero-order valence-electron chi connectivity index (χ0n) is 9.06. The topological polar surface area (TPSA) is 42.0 Å². The Morgan fingerprint density at radius 2 is 2.47 bits per heavy atom. The van der Waals surface area contributed by atoms with Crippen LogP contribution in [0, 0.1) is 5.92 Å². The van der Waals surface area contributed by atoms with Gasteiger partial charge in [-0.05, 0) is 12.3 Å². The Labute approximate surface area is 93.9 Å². The number of nitrogens with zero attached hydrogens (tertiary/aromatic N) is 1.